The number of fused-ring (bicyclic) bond motifs is 13. The number of aliphatic carboxylic acids is 1. The minimum absolute atomic E-state index is 0.0611. The minimum atomic E-state index is -0.771. The molecule has 3 fully saturated rings. The Balaban J connectivity index is 0.000000107. The molecule has 8 aliphatic carbocycles. The van der Waals surface area contributed by atoms with Gasteiger partial charge >= 0.3 is 5.97 Å². The number of carboxylic acids is 1. The summed E-state index contributed by atoms with van der Waals surface area (Å²) in [7, 11) is 0. The first-order valence-corrected chi connectivity index (χ1v) is 25.4. The maximum atomic E-state index is 10.9. The summed E-state index contributed by atoms with van der Waals surface area (Å²) < 4.78 is 19.3. The second-order valence-electron chi connectivity index (χ2n) is 21.9. The zero-order valence-electron chi connectivity index (χ0n) is 38.1. The Kier molecular flexibility index (Phi) is 10.3. The monoisotopic (exact) mass is 887 g/mol. The van der Waals surface area contributed by atoms with E-state index >= 15 is 0 Å². The van der Waals surface area contributed by atoms with Gasteiger partial charge in [0.1, 0.15) is 50.7 Å². The number of thiazole rings is 1. The van der Waals surface area contributed by atoms with Gasteiger partial charge < -0.3 is 34.6 Å². The van der Waals surface area contributed by atoms with E-state index in [2.05, 4.69) is 25.8 Å². The van der Waals surface area contributed by atoms with Crippen LogP contribution in [0.3, 0.4) is 0 Å². The van der Waals surface area contributed by atoms with Crippen molar-refractivity contribution in [2.45, 2.75) is 202 Å². The molecule has 15 rings (SSSR count). The lowest BCUT2D eigenvalue weighted by Gasteiger charge is -2.44. The van der Waals surface area contributed by atoms with Crippen molar-refractivity contribution >= 4 is 17.3 Å². The number of rotatable bonds is 4. The van der Waals surface area contributed by atoms with Crippen LogP contribution in [0.5, 0.6) is 34.5 Å². The van der Waals surface area contributed by atoms with Crippen molar-refractivity contribution in [3.63, 3.8) is 0 Å². The maximum absolute atomic E-state index is 10.9. The average Bonchev–Trinajstić information content (AvgIpc) is 4.09. The van der Waals surface area contributed by atoms with Crippen LogP contribution in [0.25, 0.3) is 0 Å². The van der Waals surface area contributed by atoms with Gasteiger partial charge in [0.15, 0.2) is 5.60 Å². The van der Waals surface area contributed by atoms with E-state index in [1.165, 1.54) is 110 Å². The molecule has 3 aromatic carbocycles. The molecule has 11 aliphatic rings. The summed E-state index contributed by atoms with van der Waals surface area (Å²) in [5, 5.41) is 43.4. The highest BCUT2D eigenvalue weighted by atomic mass is 32.1. The molecule has 340 valence electrons. The van der Waals surface area contributed by atoms with Gasteiger partial charge in [0.05, 0.1) is 0 Å². The van der Waals surface area contributed by atoms with E-state index in [9.17, 15) is 20.1 Å². The lowest BCUT2D eigenvalue weighted by Crippen LogP contribution is -2.38. The first-order valence-electron chi connectivity index (χ1n) is 24.5. The lowest BCUT2D eigenvalue weighted by atomic mass is 9.65. The van der Waals surface area contributed by atoms with Crippen molar-refractivity contribution in [2.24, 2.45) is 0 Å². The second-order valence-corrected chi connectivity index (χ2v) is 22.8. The highest BCUT2D eigenvalue weighted by Gasteiger charge is 2.47. The SMILES string of the molecule is CC1(C)CCc2cc(O)c3c(c2O1)C1CCC3CC1.CC1(CCC(=O)O)CCc2cc(O)c3c(c2O1)C1CCC3CC1.CC1(c2nccs2)CCc2cc(O)c3c(c2O1)C1CCC3C1. The number of carboxylic acid groups (broad SMARTS) is 1. The zero-order chi connectivity index (χ0) is 44.3. The van der Waals surface area contributed by atoms with Gasteiger partial charge in [0.2, 0.25) is 0 Å². The Bertz CT molecular complexity index is 2500. The number of aryl methyl sites for hydroxylation is 3. The largest absolute Gasteiger partial charge is 0.508 e. The maximum Gasteiger partial charge on any atom is 0.303 e. The number of phenols is 3. The van der Waals surface area contributed by atoms with E-state index in [-0.39, 0.29) is 17.6 Å². The molecule has 0 saturated heterocycles. The van der Waals surface area contributed by atoms with Crippen molar-refractivity contribution in [1.82, 2.24) is 4.98 Å². The Hall–Kier alpha value is -4.44. The number of hydrogen-bond acceptors (Lipinski definition) is 9. The number of aromatic nitrogens is 1. The quantitative estimate of drug-likeness (QED) is 0.158. The Morgan fingerprint density at radius 2 is 1.05 bits per heavy atom. The fourth-order valence-electron chi connectivity index (χ4n) is 13.8. The van der Waals surface area contributed by atoms with Crippen LogP contribution in [0.2, 0.25) is 0 Å². The van der Waals surface area contributed by atoms with Crippen LogP contribution in [-0.2, 0) is 29.7 Å². The van der Waals surface area contributed by atoms with Crippen molar-refractivity contribution < 1.29 is 39.4 Å². The molecule has 4 aromatic rings. The predicted molar refractivity (Wildman–Crippen MR) is 247 cm³/mol. The molecule has 0 radical (unpaired) electrons. The van der Waals surface area contributed by atoms with Crippen molar-refractivity contribution in [3.8, 4) is 34.5 Å². The summed E-state index contributed by atoms with van der Waals surface area (Å²) in [6.07, 6.45) is 21.5. The standard InChI is InChI=1S/C19H24O4.C18H19NO2S.C17H22O2/c1-19(9-7-15(21)22)8-6-13-10-14(20)16-11-2-4-12(5-3-11)17(16)18(13)23-19;1-18(17-19-6-7-22-17)5-4-12-9-13(20)14-10-2-3-11(8-10)15(14)16(12)21-18;1-17(2)8-7-12-9-13(18)14-10-3-5-11(6-4-10)15(14)16(12)19-17/h10-12,20H,2-9H2,1H3,(H,21,22);6-7,9-11,20H,2-5,8H2,1H3;9-11,18H,3-8H2,1-2H3. The third kappa shape index (κ3) is 7.14. The lowest BCUT2D eigenvalue weighted by molar-refractivity contribution is -0.138. The Labute approximate surface area is 381 Å². The molecule has 4 atom stereocenters. The summed E-state index contributed by atoms with van der Waals surface area (Å²) in [5.41, 5.74) is 10.1. The number of benzene rings is 3. The number of carbonyl (C=O) groups is 1. The van der Waals surface area contributed by atoms with Crippen LogP contribution in [0, 0.1) is 0 Å². The number of nitrogens with zero attached hydrogens (tertiary/aromatic N) is 1. The van der Waals surface area contributed by atoms with Crippen molar-refractivity contribution in [2.75, 3.05) is 0 Å². The third-order valence-corrected chi connectivity index (χ3v) is 18.2. The molecule has 10 heteroatoms. The van der Waals surface area contributed by atoms with E-state index in [1.54, 1.807) is 11.3 Å². The van der Waals surface area contributed by atoms with Gasteiger partial charge in [-0.2, -0.15) is 0 Å². The average molecular weight is 888 g/mol. The summed E-state index contributed by atoms with van der Waals surface area (Å²) in [4.78, 5) is 15.4. The molecule has 1 aromatic heterocycles. The molecule has 4 N–H and O–H groups in total. The van der Waals surface area contributed by atoms with Crippen LogP contribution in [0.4, 0.5) is 0 Å². The summed E-state index contributed by atoms with van der Waals surface area (Å²) in [5.74, 6) is 7.14. The van der Waals surface area contributed by atoms with E-state index < -0.39 is 11.6 Å². The van der Waals surface area contributed by atoms with Gasteiger partial charge in [0.25, 0.3) is 0 Å². The molecular weight excluding hydrogens is 823 g/mol. The summed E-state index contributed by atoms with van der Waals surface area (Å²) in [6, 6.07) is 5.83. The normalized spacial score (nSPS) is 31.1. The number of phenolic OH excluding ortho intramolecular Hbond substituents is 3. The van der Waals surface area contributed by atoms with E-state index in [4.69, 9.17) is 19.3 Å². The minimum Gasteiger partial charge on any atom is -0.508 e. The number of ether oxygens (including phenoxy) is 3. The number of hydrogen-bond donors (Lipinski definition) is 4. The van der Waals surface area contributed by atoms with Crippen molar-refractivity contribution in [1.29, 1.82) is 0 Å². The predicted octanol–water partition coefficient (Wildman–Crippen LogP) is 12.8. The smallest absolute Gasteiger partial charge is 0.303 e. The second kappa shape index (κ2) is 15.6. The summed E-state index contributed by atoms with van der Waals surface area (Å²) >= 11 is 1.67. The van der Waals surface area contributed by atoms with Crippen LogP contribution in [0.15, 0.2) is 29.8 Å². The topological polar surface area (TPSA) is 139 Å². The van der Waals surface area contributed by atoms with Gasteiger partial charge in [-0.3, -0.25) is 4.79 Å². The third-order valence-electron chi connectivity index (χ3n) is 17.2. The molecule has 9 nitrogen and oxygen atoms in total. The molecule has 6 bridgehead atoms. The van der Waals surface area contributed by atoms with Gasteiger partial charge in [-0.15, -0.1) is 11.3 Å². The first-order chi connectivity index (χ1) is 30.7. The van der Waals surface area contributed by atoms with E-state index in [1.807, 2.05) is 36.7 Å². The fourth-order valence-corrected chi connectivity index (χ4v) is 14.6. The molecule has 3 aliphatic heterocycles. The Morgan fingerprint density at radius 1 is 0.609 bits per heavy atom. The van der Waals surface area contributed by atoms with E-state index in [0.717, 1.165) is 71.9 Å². The molecule has 4 unspecified atom stereocenters. The molecule has 4 heterocycles. The van der Waals surface area contributed by atoms with Gasteiger partial charge in [-0.25, -0.2) is 4.98 Å². The van der Waals surface area contributed by atoms with Gasteiger partial charge in [-0.05, 0) is 214 Å². The van der Waals surface area contributed by atoms with Crippen molar-refractivity contribution in [3.05, 3.63) is 84.9 Å². The highest BCUT2D eigenvalue weighted by Crippen LogP contribution is 2.62. The Morgan fingerprint density at radius 3 is 1.58 bits per heavy atom. The van der Waals surface area contributed by atoms with Crippen LogP contribution < -0.4 is 14.2 Å². The van der Waals surface area contributed by atoms with E-state index in [0.29, 0.717) is 59.2 Å². The highest BCUT2D eigenvalue weighted by molar-refractivity contribution is 7.09. The van der Waals surface area contributed by atoms with Gasteiger partial charge in [-0.1, -0.05) is 0 Å². The zero-order valence-corrected chi connectivity index (χ0v) is 38.9. The molecule has 3 saturated carbocycles. The van der Waals surface area contributed by atoms with Gasteiger partial charge in [0, 0.05) is 51.4 Å². The van der Waals surface area contributed by atoms with Crippen LogP contribution >= 0.6 is 11.3 Å². The molecule has 0 spiro atoms. The first kappa shape index (κ1) is 42.2. The molecule has 64 heavy (non-hydrogen) atoms. The summed E-state index contributed by atoms with van der Waals surface area (Å²) in [6.45, 7) is 8.53. The molecule has 0 amide bonds. The fraction of sp³-hybridized carbons (Fsp3) is 0.593. The number of aromatic hydroxyl groups is 3. The molecular formula is C54H65NO8S. The van der Waals surface area contributed by atoms with Crippen LogP contribution in [0.1, 0.15) is 221 Å². The van der Waals surface area contributed by atoms with Crippen LogP contribution in [-0.4, -0.2) is 42.6 Å².